The Morgan fingerprint density at radius 2 is 2.05 bits per heavy atom. The highest BCUT2D eigenvalue weighted by Crippen LogP contribution is 2.33. The van der Waals surface area contributed by atoms with Crippen LogP contribution in [0, 0.1) is 5.92 Å². The molecule has 2 aliphatic rings. The van der Waals surface area contributed by atoms with E-state index in [1.807, 2.05) is 11.3 Å². The predicted octanol–water partition coefficient (Wildman–Crippen LogP) is 5.23. The van der Waals surface area contributed by atoms with Crippen molar-refractivity contribution in [2.24, 2.45) is 5.92 Å². The minimum atomic E-state index is 0.804. The van der Waals surface area contributed by atoms with Gasteiger partial charge in [0.2, 0.25) is 0 Å². The van der Waals surface area contributed by atoms with E-state index in [1.54, 1.807) is 5.57 Å². The molecule has 0 amide bonds. The zero-order chi connectivity index (χ0) is 13.1. The summed E-state index contributed by atoms with van der Waals surface area (Å²) in [5.41, 5.74) is 1.63. The summed E-state index contributed by atoms with van der Waals surface area (Å²) < 4.78 is 1.25. The van der Waals surface area contributed by atoms with Crippen molar-refractivity contribution >= 4 is 33.3 Å². The molecule has 0 saturated heterocycles. The minimum absolute atomic E-state index is 0.804. The van der Waals surface area contributed by atoms with Gasteiger partial charge in [-0.15, -0.1) is 11.3 Å². The predicted molar refractivity (Wildman–Crippen MR) is 87.6 cm³/mol. The van der Waals surface area contributed by atoms with E-state index in [4.69, 9.17) is 0 Å². The van der Waals surface area contributed by atoms with Crippen LogP contribution in [0.3, 0.4) is 0 Å². The summed E-state index contributed by atoms with van der Waals surface area (Å²) in [5, 5.41) is 5.88. The smallest absolute Gasteiger partial charge is 0.0412 e. The first-order valence-electron chi connectivity index (χ1n) is 7.50. The first kappa shape index (κ1) is 13.8. The molecule has 3 rings (SSSR count). The molecule has 1 aromatic rings. The molecule has 2 aliphatic carbocycles. The highest BCUT2D eigenvalue weighted by atomic mass is 79.9. The normalized spacial score (nSPS) is 21.8. The van der Waals surface area contributed by atoms with Crippen molar-refractivity contribution in [3.63, 3.8) is 0 Å². The molecule has 0 aliphatic heterocycles. The molecule has 3 heteroatoms. The maximum Gasteiger partial charge on any atom is 0.0412 e. The fourth-order valence-corrected chi connectivity index (χ4v) is 4.37. The molecule has 104 valence electrons. The third-order valence-electron chi connectivity index (χ3n) is 4.26. The van der Waals surface area contributed by atoms with E-state index >= 15 is 0 Å². The number of thiophene rings is 1. The highest BCUT2D eigenvalue weighted by molar-refractivity contribution is 9.10. The molecule has 1 aromatic heterocycles. The molecule has 1 nitrogen and oxygen atoms in total. The van der Waals surface area contributed by atoms with Gasteiger partial charge in [-0.05, 0) is 65.1 Å². The van der Waals surface area contributed by atoms with Crippen molar-refractivity contribution < 1.29 is 0 Å². The van der Waals surface area contributed by atoms with Crippen LogP contribution in [0.2, 0.25) is 0 Å². The number of halogens is 1. The number of rotatable bonds is 5. The van der Waals surface area contributed by atoms with Gasteiger partial charge in [0, 0.05) is 21.9 Å². The van der Waals surface area contributed by atoms with Gasteiger partial charge in [0.15, 0.2) is 0 Å². The highest BCUT2D eigenvalue weighted by Gasteiger charge is 2.23. The standard InChI is InChI=1S/C16H22BrNS/c17-15-8-9-19-16(15)10-13(11-18-14-6-7-14)12-4-2-1-3-5-12/h8-10,12,14,18H,1-7,11H2/b13-10-. The van der Waals surface area contributed by atoms with Crippen LogP contribution in [0.15, 0.2) is 21.5 Å². The van der Waals surface area contributed by atoms with Gasteiger partial charge in [-0.3, -0.25) is 0 Å². The molecule has 19 heavy (non-hydrogen) atoms. The number of hydrogen-bond acceptors (Lipinski definition) is 2. The SMILES string of the molecule is Brc1ccsc1/C=C(/CNC1CC1)C1CCCCC1. The number of hydrogen-bond donors (Lipinski definition) is 1. The Morgan fingerprint density at radius 1 is 1.26 bits per heavy atom. The average molecular weight is 340 g/mol. The van der Waals surface area contributed by atoms with Crippen molar-refractivity contribution in [2.45, 2.75) is 51.0 Å². The van der Waals surface area contributed by atoms with Crippen molar-refractivity contribution in [1.29, 1.82) is 0 Å². The molecule has 0 aromatic carbocycles. The Bertz CT molecular complexity index is 441. The Kier molecular flexibility index (Phi) is 4.78. The van der Waals surface area contributed by atoms with Crippen LogP contribution in [-0.4, -0.2) is 12.6 Å². The summed E-state index contributed by atoms with van der Waals surface area (Å²) in [6.07, 6.45) is 12.2. The average Bonchev–Trinajstić information content (AvgIpc) is 3.19. The van der Waals surface area contributed by atoms with Crippen molar-refractivity contribution in [1.82, 2.24) is 5.32 Å². The molecule has 0 atom stereocenters. The van der Waals surface area contributed by atoms with Crippen LogP contribution in [-0.2, 0) is 0 Å². The summed E-state index contributed by atoms with van der Waals surface area (Å²) in [6, 6.07) is 2.96. The number of nitrogens with one attached hydrogen (secondary N) is 1. The minimum Gasteiger partial charge on any atom is -0.310 e. The first-order chi connectivity index (χ1) is 9.33. The lowest BCUT2D eigenvalue weighted by atomic mass is 9.83. The summed E-state index contributed by atoms with van der Waals surface area (Å²) in [7, 11) is 0. The molecule has 1 N–H and O–H groups in total. The second-order valence-electron chi connectivity index (χ2n) is 5.84. The monoisotopic (exact) mass is 339 g/mol. The largest absolute Gasteiger partial charge is 0.310 e. The van der Waals surface area contributed by atoms with Crippen molar-refractivity contribution in [3.8, 4) is 0 Å². The van der Waals surface area contributed by atoms with E-state index in [1.165, 1.54) is 54.3 Å². The van der Waals surface area contributed by atoms with Gasteiger partial charge < -0.3 is 5.32 Å². The van der Waals surface area contributed by atoms with Crippen LogP contribution in [0.5, 0.6) is 0 Å². The molecule has 1 heterocycles. The molecule has 0 bridgehead atoms. The van der Waals surface area contributed by atoms with Gasteiger partial charge in [0.25, 0.3) is 0 Å². The van der Waals surface area contributed by atoms with Gasteiger partial charge in [-0.2, -0.15) is 0 Å². The first-order valence-corrected chi connectivity index (χ1v) is 9.17. The molecular formula is C16H22BrNS. The third kappa shape index (κ3) is 3.93. The van der Waals surface area contributed by atoms with E-state index < -0.39 is 0 Å². The van der Waals surface area contributed by atoms with E-state index in [0.29, 0.717) is 0 Å². The summed E-state index contributed by atoms with van der Waals surface area (Å²) >= 11 is 5.50. The Labute approximate surface area is 128 Å². The van der Waals surface area contributed by atoms with Crippen molar-refractivity contribution in [2.75, 3.05) is 6.54 Å². The van der Waals surface area contributed by atoms with Crippen LogP contribution in [0.4, 0.5) is 0 Å². The lowest BCUT2D eigenvalue weighted by molar-refractivity contribution is 0.396. The Hall–Kier alpha value is -0.120. The lowest BCUT2D eigenvalue weighted by Crippen LogP contribution is -2.23. The summed E-state index contributed by atoms with van der Waals surface area (Å²) in [5.74, 6) is 0.814. The van der Waals surface area contributed by atoms with Gasteiger partial charge in [-0.25, -0.2) is 0 Å². The fraction of sp³-hybridized carbons (Fsp3) is 0.625. The van der Waals surface area contributed by atoms with Crippen LogP contribution in [0.25, 0.3) is 6.08 Å². The molecule has 2 saturated carbocycles. The Balaban J connectivity index is 1.73. The van der Waals surface area contributed by atoms with Gasteiger partial charge in [0.1, 0.15) is 0 Å². The van der Waals surface area contributed by atoms with E-state index in [9.17, 15) is 0 Å². The van der Waals surface area contributed by atoms with Crippen molar-refractivity contribution in [3.05, 3.63) is 26.4 Å². The van der Waals surface area contributed by atoms with E-state index in [2.05, 4.69) is 38.8 Å². The van der Waals surface area contributed by atoms with Gasteiger partial charge >= 0.3 is 0 Å². The Morgan fingerprint density at radius 3 is 2.68 bits per heavy atom. The van der Waals surface area contributed by atoms with E-state index in [0.717, 1.165) is 18.5 Å². The molecular weight excluding hydrogens is 318 g/mol. The van der Waals surface area contributed by atoms with Gasteiger partial charge in [0.05, 0.1) is 0 Å². The summed E-state index contributed by atoms with van der Waals surface area (Å²) in [6.45, 7) is 1.10. The zero-order valence-corrected chi connectivity index (χ0v) is 13.7. The fourth-order valence-electron chi connectivity index (χ4n) is 2.91. The second-order valence-corrected chi connectivity index (χ2v) is 7.64. The quantitative estimate of drug-likeness (QED) is 0.774. The van der Waals surface area contributed by atoms with Crippen LogP contribution < -0.4 is 5.32 Å². The zero-order valence-electron chi connectivity index (χ0n) is 11.3. The van der Waals surface area contributed by atoms with E-state index in [-0.39, 0.29) is 0 Å². The van der Waals surface area contributed by atoms with Crippen LogP contribution in [0.1, 0.15) is 49.8 Å². The molecule has 2 fully saturated rings. The molecule has 0 unspecified atom stereocenters. The van der Waals surface area contributed by atoms with Crippen LogP contribution >= 0.6 is 27.3 Å². The van der Waals surface area contributed by atoms with Gasteiger partial charge in [-0.1, -0.05) is 24.8 Å². The maximum absolute atomic E-state index is 3.71. The maximum atomic E-state index is 3.71. The molecule has 0 radical (unpaired) electrons. The second kappa shape index (κ2) is 6.55. The topological polar surface area (TPSA) is 12.0 Å². The molecule has 0 spiro atoms. The summed E-state index contributed by atoms with van der Waals surface area (Å²) in [4.78, 5) is 1.39. The lowest BCUT2D eigenvalue weighted by Gasteiger charge is -2.25. The third-order valence-corrected chi connectivity index (χ3v) is 6.08.